The van der Waals surface area contributed by atoms with Crippen molar-refractivity contribution >= 4 is 16.0 Å². The molecule has 0 aliphatic heterocycles. The van der Waals surface area contributed by atoms with Crippen LogP contribution >= 0.6 is 0 Å². The third-order valence-corrected chi connectivity index (χ3v) is 3.83. The standard InChI is InChI=1S/C16H17NO4S/c18-16(17-10-11-22(19,20)21)12-13-6-8-15(9-7-13)14-4-2-1-3-5-14/h1-9H,10-12H2,(H,17,18)(H,19,20,21). The summed E-state index contributed by atoms with van der Waals surface area (Å²) in [5, 5.41) is 2.46. The van der Waals surface area contributed by atoms with Crippen LogP contribution in [0.5, 0.6) is 0 Å². The fourth-order valence-electron chi connectivity index (χ4n) is 2.01. The van der Waals surface area contributed by atoms with E-state index in [1.165, 1.54) is 0 Å². The molecular weight excluding hydrogens is 302 g/mol. The van der Waals surface area contributed by atoms with Crippen molar-refractivity contribution in [3.8, 4) is 11.1 Å². The lowest BCUT2D eigenvalue weighted by molar-refractivity contribution is -0.120. The molecule has 5 nitrogen and oxygen atoms in total. The van der Waals surface area contributed by atoms with E-state index in [1.54, 1.807) is 0 Å². The van der Waals surface area contributed by atoms with Gasteiger partial charge in [-0.15, -0.1) is 0 Å². The molecule has 0 aliphatic rings. The number of carbonyl (C=O) groups is 1. The first-order valence-electron chi connectivity index (χ1n) is 6.80. The van der Waals surface area contributed by atoms with Crippen LogP contribution in [0.25, 0.3) is 11.1 Å². The highest BCUT2D eigenvalue weighted by Crippen LogP contribution is 2.19. The normalized spacial score (nSPS) is 11.1. The van der Waals surface area contributed by atoms with Crippen molar-refractivity contribution in [2.45, 2.75) is 6.42 Å². The van der Waals surface area contributed by atoms with Crippen molar-refractivity contribution in [3.05, 3.63) is 60.2 Å². The molecule has 1 amide bonds. The zero-order valence-corrected chi connectivity index (χ0v) is 12.7. The molecule has 0 heterocycles. The van der Waals surface area contributed by atoms with Crippen molar-refractivity contribution in [3.63, 3.8) is 0 Å². The molecule has 6 heteroatoms. The van der Waals surface area contributed by atoms with Crippen molar-refractivity contribution < 1.29 is 17.8 Å². The Morgan fingerprint density at radius 1 is 0.955 bits per heavy atom. The zero-order valence-electron chi connectivity index (χ0n) is 11.9. The van der Waals surface area contributed by atoms with Crippen LogP contribution < -0.4 is 5.32 Å². The Morgan fingerprint density at radius 3 is 2.14 bits per heavy atom. The van der Waals surface area contributed by atoms with E-state index in [-0.39, 0.29) is 18.9 Å². The average molecular weight is 319 g/mol. The molecule has 2 aromatic carbocycles. The Kier molecular flexibility index (Phi) is 5.30. The Bertz CT molecular complexity index is 725. The van der Waals surface area contributed by atoms with Crippen LogP contribution in [-0.2, 0) is 21.3 Å². The van der Waals surface area contributed by atoms with E-state index in [0.717, 1.165) is 16.7 Å². The van der Waals surface area contributed by atoms with Gasteiger partial charge in [-0.3, -0.25) is 9.35 Å². The summed E-state index contributed by atoms with van der Waals surface area (Å²) in [4.78, 5) is 11.7. The molecular formula is C16H17NO4S. The molecule has 22 heavy (non-hydrogen) atoms. The van der Waals surface area contributed by atoms with Crippen molar-refractivity contribution in [2.75, 3.05) is 12.3 Å². The molecule has 0 bridgehead atoms. The first kappa shape index (κ1) is 16.2. The summed E-state index contributed by atoms with van der Waals surface area (Å²) in [5.41, 5.74) is 3.01. The van der Waals surface area contributed by atoms with Gasteiger partial charge >= 0.3 is 0 Å². The Hall–Kier alpha value is -2.18. The maximum atomic E-state index is 11.7. The topological polar surface area (TPSA) is 83.5 Å². The predicted molar refractivity (Wildman–Crippen MR) is 85.0 cm³/mol. The Labute approximate surface area is 129 Å². The monoisotopic (exact) mass is 319 g/mol. The van der Waals surface area contributed by atoms with Gasteiger partial charge in [0.05, 0.1) is 12.2 Å². The number of hydrogen-bond donors (Lipinski definition) is 2. The zero-order chi connectivity index (χ0) is 16.0. The van der Waals surface area contributed by atoms with Crippen LogP contribution in [0, 0.1) is 0 Å². The maximum absolute atomic E-state index is 11.7. The van der Waals surface area contributed by atoms with Crippen molar-refractivity contribution in [1.29, 1.82) is 0 Å². The quantitative estimate of drug-likeness (QED) is 0.797. The van der Waals surface area contributed by atoms with Gasteiger partial charge in [0.2, 0.25) is 5.91 Å². The number of nitrogens with one attached hydrogen (secondary N) is 1. The van der Waals surface area contributed by atoms with E-state index < -0.39 is 15.9 Å². The van der Waals surface area contributed by atoms with Crippen molar-refractivity contribution in [1.82, 2.24) is 5.32 Å². The number of hydrogen-bond acceptors (Lipinski definition) is 3. The van der Waals surface area contributed by atoms with E-state index in [0.29, 0.717) is 0 Å². The smallest absolute Gasteiger partial charge is 0.266 e. The summed E-state index contributed by atoms with van der Waals surface area (Å²) < 4.78 is 29.7. The Balaban J connectivity index is 1.90. The minimum absolute atomic E-state index is 0.0975. The van der Waals surface area contributed by atoms with Gasteiger partial charge in [0.1, 0.15) is 0 Å². The predicted octanol–water partition coefficient (Wildman–Crippen LogP) is 1.90. The van der Waals surface area contributed by atoms with Gasteiger partial charge in [0, 0.05) is 6.54 Å². The third-order valence-electron chi connectivity index (χ3n) is 3.11. The van der Waals surface area contributed by atoms with E-state index >= 15 is 0 Å². The molecule has 0 saturated carbocycles. The molecule has 0 spiro atoms. The van der Waals surface area contributed by atoms with Crippen LogP contribution in [0.15, 0.2) is 54.6 Å². The molecule has 2 aromatic rings. The van der Waals surface area contributed by atoms with Gasteiger partial charge < -0.3 is 5.32 Å². The average Bonchev–Trinajstić information content (AvgIpc) is 2.47. The summed E-state index contributed by atoms with van der Waals surface area (Å²) in [6.07, 6.45) is 0.167. The SMILES string of the molecule is O=C(Cc1ccc(-c2ccccc2)cc1)NCCS(=O)(=O)O. The molecule has 0 radical (unpaired) electrons. The summed E-state index contributed by atoms with van der Waals surface area (Å²) >= 11 is 0. The number of carbonyl (C=O) groups excluding carboxylic acids is 1. The Morgan fingerprint density at radius 2 is 1.55 bits per heavy atom. The van der Waals surface area contributed by atoms with E-state index in [2.05, 4.69) is 5.32 Å². The van der Waals surface area contributed by atoms with Crippen LogP contribution in [0.4, 0.5) is 0 Å². The summed E-state index contributed by atoms with van der Waals surface area (Å²) in [6.45, 7) is -0.0975. The second kappa shape index (κ2) is 7.20. The molecule has 0 unspecified atom stereocenters. The highest BCUT2D eigenvalue weighted by molar-refractivity contribution is 7.85. The lowest BCUT2D eigenvalue weighted by Crippen LogP contribution is -2.30. The number of amides is 1. The number of rotatable bonds is 6. The minimum atomic E-state index is -4.04. The van der Waals surface area contributed by atoms with E-state index in [1.807, 2.05) is 54.6 Å². The molecule has 0 atom stereocenters. The van der Waals surface area contributed by atoms with E-state index in [4.69, 9.17) is 4.55 Å². The van der Waals surface area contributed by atoms with Crippen LogP contribution in [0.3, 0.4) is 0 Å². The van der Waals surface area contributed by atoms with Gasteiger partial charge in [0.25, 0.3) is 10.1 Å². The van der Waals surface area contributed by atoms with Crippen molar-refractivity contribution in [2.24, 2.45) is 0 Å². The van der Waals surface area contributed by atoms with Gasteiger partial charge in [0.15, 0.2) is 0 Å². The molecule has 0 aliphatic carbocycles. The molecule has 0 saturated heterocycles. The third kappa shape index (κ3) is 5.31. The molecule has 0 fully saturated rings. The molecule has 2 rings (SSSR count). The maximum Gasteiger partial charge on any atom is 0.266 e. The molecule has 2 N–H and O–H groups in total. The first-order valence-corrected chi connectivity index (χ1v) is 8.41. The second-order valence-electron chi connectivity index (χ2n) is 4.88. The fourth-order valence-corrected chi connectivity index (χ4v) is 2.37. The van der Waals surface area contributed by atoms with Crippen LogP contribution in [-0.4, -0.2) is 31.2 Å². The second-order valence-corrected chi connectivity index (χ2v) is 6.45. The number of benzene rings is 2. The largest absolute Gasteiger partial charge is 0.355 e. The van der Waals surface area contributed by atoms with Gasteiger partial charge in [-0.1, -0.05) is 54.6 Å². The molecule has 0 aromatic heterocycles. The van der Waals surface area contributed by atoms with Crippen LogP contribution in [0.1, 0.15) is 5.56 Å². The minimum Gasteiger partial charge on any atom is -0.355 e. The summed E-state index contributed by atoms with van der Waals surface area (Å²) in [5.74, 6) is -0.762. The highest BCUT2D eigenvalue weighted by atomic mass is 32.2. The highest BCUT2D eigenvalue weighted by Gasteiger charge is 2.07. The first-order chi connectivity index (χ1) is 10.4. The van der Waals surface area contributed by atoms with Crippen LogP contribution in [0.2, 0.25) is 0 Å². The lowest BCUT2D eigenvalue weighted by atomic mass is 10.0. The lowest BCUT2D eigenvalue weighted by Gasteiger charge is -2.06. The van der Waals surface area contributed by atoms with Gasteiger partial charge in [-0.25, -0.2) is 0 Å². The summed E-state index contributed by atoms with van der Waals surface area (Å²) in [7, 11) is -4.04. The fraction of sp³-hybridized carbons (Fsp3) is 0.188. The summed E-state index contributed by atoms with van der Waals surface area (Å²) in [6, 6.07) is 17.5. The van der Waals surface area contributed by atoms with Gasteiger partial charge in [-0.05, 0) is 16.7 Å². The molecule has 116 valence electrons. The van der Waals surface area contributed by atoms with Gasteiger partial charge in [-0.2, -0.15) is 8.42 Å². The van der Waals surface area contributed by atoms with E-state index in [9.17, 15) is 13.2 Å².